The maximum absolute atomic E-state index is 12.5. The van der Waals surface area contributed by atoms with Gasteiger partial charge in [-0.3, -0.25) is 4.79 Å². The third-order valence-electron chi connectivity index (χ3n) is 3.69. The highest BCUT2D eigenvalue weighted by Crippen LogP contribution is 2.27. The predicted molar refractivity (Wildman–Crippen MR) is 107 cm³/mol. The van der Waals surface area contributed by atoms with Crippen molar-refractivity contribution in [1.82, 2.24) is 9.97 Å². The molecule has 0 unspecified atom stereocenters. The van der Waals surface area contributed by atoms with E-state index in [9.17, 15) is 4.79 Å². The highest BCUT2D eigenvalue weighted by Gasteiger charge is 2.11. The summed E-state index contributed by atoms with van der Waals surface area (Å²) in [5.41, 5.74) is 2.84. The predicted octanol–water partition coefficient (Wildman–Crippen LogP) is 4.57. The molecule has 0 saturated carbocycles. The van der Waals surface area contributed by atoms with Crippen LogP contribution in [0.15, 0.2) is 60.9 Å². The number of para-hydroxylation sites is 2. The molecule has 2 aromatic carbocycles. The van der Waals surface area contributed by atoms with Crippen molar-refractivity contribution >= 4 is 23.1 Å². The standard InChI is InChI=1S/C21H22N4O2/c1-14(2)27-19-10-5-4-9-17(19)25-20-12-18(22-13-23-20)21(26)24-16-8-6-7-15(3)11-16/h4-14H,1-3H3,(H,24,26)(H,22,23,25). The Bertz CT molecular complexity index is 941. The van der Waals surface area contributed by atoms with Crippen molar-refractivity contribution in [2.75, 3.05) is 10.6 Å². The van der Waals surface area contributed by atoms with Crippen molar-refractivity contribution in [2.24, 2.45) is 0 Å². The molecule has 2 N–H and O–H groups in total. The van der Waals surface area contributed by atoms with E-state index in [-0.39, 0.29) is 17.7 Å². The smallest absolute Gasteiger partial charge is 0.274 e. The molecule has 3 rings (SSSR count). The van der Waals surface area contributed by atoms with Crippen LogP contribution in [0.3, 0.4) is 0 Å². The molecule has 0 radical (unpaired) electrons. The number of nitrogens with one attached hydrogen (secondary N) is 2. The van der Waals surface area contributed by atoms with Crippen LogP contribution in [0.4, 0.5) is 17.2 Å². The van der Waals surface area contributed by atoms with Gasteiger partial charge in [-0.2, -0.15) is 0 Å². The van der Waals surface area contributed by atoms with Gasteiger partial charge in [0.05, 0.1) is 11.8 Å². The average Bonchev–Trinajstić information content (AvgIpc) is 2.63. The molecule has 27 heavy (non-hydrogen) atoms. The summed E-state index contributed by atoms with van der Waals surface area (Å²) in [5, 5.41) is 6.04. The number of carbonyl (C=O) groups is 1. The zero-order valence-electron chi connectivity index (χ0n) is 15.6. The van der Waals surface area contributed by atoms with Crippen LogP contribution < -0.4 is 15.4 Å². The Labute approximate surface area is 158 Å². The highest BCUT2D eigenvalue weighted by atomic mass is 16.5. The lowest BCUT2D eigenvalue weighted by atomic mass is 10.2. The molecule has 6 nitrogen and oxygen atoms in total. The van der Waals surface area contributed by atoms with E-state index in [1.54, 1.807) is 6.07 Å². The summed E-state index contributed by atoms with van der Waals surface area (Å²) >= 11 is 0. The molecule has 0 spiro atoms. The van der Waals surface area contributed by atoms with Gasteiger partial charge in [0.2, 0.25) is 0 Å². The molecule has 3 aromatic rings. The number of aromatic nitrogens is 2. The molecule has 0 bridgehead atoms. The number of ether oxygens (including phenoxy) is 1. The minimum absolute atomic E-state index is 0.0500. The van der Waals surface area contributed by atoms with Crippen LogP contribution in [0.2, 0.25) is 0 Å². The number of carbonyl (C=O) groups excluding carboxylic acids is 1. The maximum Gasteiger partial charge on any atom is 0.274 e. The number of aryl methyl sites for hydroxylation is 1. The molecular formula is C21H22N4O2. The fourth-order valence-corrected chi connectivity index (χ4v) is 2.53. The Morgan fingerprint density at radius 2 is 1.85 bits per heavy atom. The molecule has 0 saturated heterocycles. The van der Waals surface area contributed by atoms with Crippen LogP contribution >= 0.6 is 0 Å². The number of rotatable bonds is 6. The highest BCUT2D eigenvalue weighted by molar-refractivity contribution is 6.03. The van der Waals surface area contributed by atoms with E-state index in [4.69, 9.17) is 4.74 Å². The maximum atomic E-state index is 12.5. The topological polar surface area (TPSA) is 76.1 Å². The summed E-state index contributed by atoms with van der Waals surface area (Å²) < 4.78 is 5.80. The first-order valence-corrected chi connectivity index (χ1v) is 8.74. The first-order valence-electron chi connectivity index (χ1n) is 8.74. The number of benzene rings is 2. The normalized spacial score (nSPS) is 10.5. The van der Waals surface area contributed by atoms with Gasteiger partial charge in [-0.25, -0.2) is 9.97 Å². The minimum Gasteiger partial charge on any atom is -0.489 e. The molecule has 0 aliphatic rings. The Hall–Kier alpha value is -3.41. The summed E-state index contributed by atoms with van der Waals surface area (Å²) in [6, 6.07) is 16.8. The van der Waals surface area contributed by atoms with Crippen molar-refractivity contribution in [3.05, 3.63) is 72.2 Å². The number of hydrogen-bond acceptors (Lipinski definition) is 5. The molecule has 1 aromatic heterocycles. The van der Waals surface area contributed by atoms with Gasteiger partial charge in [0.15, 0.2) is 0 Å². The first kappa shape index (κ1) is 18.4. The van der Waals surface area contributed by atoms with Gasteiger partial charge in [0.1, 0.15) is 23.6 Å². The van der Waals surface area contributed by atoms with Gasteiger partial charge in [0, 0.05) is 11.8 Å². The summed E-state index contributed by atoms with van der Waals surface area (Å²) in [6.07, 6.45) is 1.41. The molecular weight excluding hydrogens is 340 g/mol. The van der Waals surface area contributed by atoms with Crippen LogP contribution in [0, 0.1) is 6.92 Å². The first-order chi connectivity index (χ1) is 13.0. The van der Waals surface area contributed by atoms with E-state index in [2.05, 4.69) is 20.6 Å². The third-order valence-corrected chi connectivity index (χ3v) is 3.69. The molecule has 1 heterocycles. The Kier molecular flexibility index (Phi) is 5.66. The number of amides is 1. The van der Waals surface area contributed by atoms with Crippen molar-refractivity contribution in [2.45, 2.75) is 26.9 Å². The van der Waals surface area contributed by atoms with E-state index in [0.29, 0.717) is 5.82 Å². The van der Waals surface area contributed by atoms with Gasteiger partial charge in [0.25, 0.3) is 5.91 Å². The number of anilines is 3. The fraction of sp³-hybridized carbons (Fsp3) is 0.190. The van der Waals surface area contributed by atoms with Crippen LogP contribution in [-0.2, 0) is 0 Å². The van der Waals surface area contributed by atoms with Crippen molar-refractivity contribution in [1.29, 1.82) is 0 Å². The Morgan fingerprint density at radius 3 is 2.63 bits per heavy atom. The van der Waals surface area contributed by atoms with E-state index in [0.717, 1.165) is 22.7 Å². The zero-order valence-corrected chi connectivity index (χ0v) is 15.6. The minimum atomic E-state index is -0.294. The van der Waals surface area contributed by atoms with E-state index >= 15 is 0 Å². The van der Waals surface area contributed by atoms with Gasteiger partial charge in [-0.1, -0.05) is 24.3 Å². The lowest BCUT2D eigenvalue weighted by Gasteiger charge is -2.15. The van der Waals surface area contributed by atoms with E-state index in [1.165, 1.54) is 6.33 Å². The zero-order chi connectivity index (χ0) is 19.2. The molecule has 138 valence electrons. The summed E-state index contributed by atoms with van der Waals surface area (Å²) in [5.74, 6) is 0.939. The molecule has 1 amide bonds. The second-order valence-electron chi connectivity index (χ2n) is 6.40. The second-order valence-corrected chi connectivity index (χ2v) is 6.40. The van der Waals surface area contributed by atoms with E-state index < -0.39 is 0 Å². The van der Waals surface area contributed by atoms with Crippen LogP contribution in [-0.4, -0.2) is 22.0 Å². The summed E-state index contributed by atoms with van der Waals surface area (Å²) in [7, 11) is 0. The van der Waals surface area contributed by atoms with Crippen molar-refractivity contribution < 1.29 is 9.53 Å². The van der Waals surface area contributed by atoms with Gasteiger partial charge in [-0.15, -0.1) is 0 Å². The monoisotopic (exact) mass is 362 g/mol. The van der Waals surface area contributed by atoms with Crippen molar-refractivity contribution in [3.63, 3.8) is 0 Å². The van der Waals surface area contributed by atoms with Crippen molar-refractivity contribution in [3.8, 4) is 5.75 Å². The van der Waals surface area contributed by atoms with Crippen LogP contribution in [0.1, 0.15) is 29.9 Å². The molecule has 0 atom stereocenters. The summed E-state index contributed by atoms with van der Waals surface area (Å²) in [6.45, 7) is 5.91. The lowest BCUT2D eigenvalue weighted by molar-refractivity contribution is 0.102. The van der Waals surface area contributed by atoms with E-state index in [1.807, 2.05) is 69.3 Å². The molecule has 6 heteroatoms. The second kappa shape index (κ2) is 8.31. The Balaban J connectivity index is 1.77. The van der Waals surface area contributed by atoms with Gasteiger partial charge in [-0.05, 0) is 50.6 Å². The Morgan fingerprint density at radius 1 is 1.04 bits per heavy atom. The number of hydrogen-bond donors (Lipinski definition) is 2. The van der Waals surface area contributed by atoms with Crippen LogP contribution in [0.5, 0.6) is 5.75 Å². The quantitative estimate of drug-likeness (QED) is 0.672. The molecule has 0 aliphatic heterocycles. The number of nitrogens with zero attached hydrogens (tertiary/aromatic N) is 2. The van der Waals surface area contributed by atoms with Crippen LogP contribution in [0.25, 0.3) is 0 Å². The molecule has 0 aliphatic carbocycles. The third kappa shape index (κ3) is 5.04. The fourth-order valence-electron chi connectivity index (χ4n) is 2.53. The van der Waals surface area contributed by atoms with Gasteiger partial charge >= 0.3 is 0 Å². The molecule has 0 fully saturated rings. The SMILES string of the molecule is Cc1cccc(NC(=O)c2cc(Nc3ccccc3OC(C)C)ncn2)c1. The summed E-state index contributed by atoms with van der Waals surface area (Å²) in [4.78, 5) is 20.8. The largest absolute Gasteiger partial charge is 0.489 e. The van der Waals surface area contributed by atoms with Gasteiger partial charge < -0.3 is 15.4 Å². The average molecular weight is 362 g/mol. The lowest BCUT2D eigenvalue weighted by Crippen LogP contribution is -2.14.